The van der Waals surface area contributed by atoms with Crippen molar-refractivity contribution in [2.24, 2.45) is 5.92 Å². The minimum Gasteiger partial charge on any atom is -0.379 e. The lowest BCUT2D eigenvalue weighted by atomic mass is 10.0. The summed E-state index contributed by atoms with van der Waals surface area (Å²) in [6.07, 6.45) is 0. The van der Waals surface area contributed by atoms with Gasteiger partial charge in [0.05, 0.1) is 11.4 Å². The van der Waals surface area contributed by atoms with E-state index in [-0.39, 0.29) is 0 Å². The fourth-order valence-electron chi connectivity index (χ4n) is 1.96. The molecule has 3 heteroatoms. The molecule has 1 aromatic rings. The van der Waals surface area contributed by atoms with Crippen molar-refractivity contribution in [3.8, 4) is 0 Å². The van der Waals surface area contributed by atoms with Gasteiger partial charge in [-0.25, -0.2) is 0 Å². The van der Waals surface area contributed by atoms with Crippen molar-refractivity contribution < 1.29 is 0 Å². The zero-order valence-electron chi connectivity index (χ0n) is 9.42. The molecule has 0 aliphatic carbocycles. The molecule has 1 heterocycles. The number of fused-ring (bicyclic) bond motifs is 1. The maximum atomic E-state index is 5.99. The fourth-order valence-corrected chi connectivity index (χ4v) is 2.13. The van der Waals surface area contributed by atoms with Crippen molar-refractivity contribution in [2.75, 3.05) is 23.8 Å². The fraction of sp³-hybridized carbons (Fsp3) is 0.500. The van der Waals surface area contributed by atoms with Crippen molar-refractivity contribution >= 4 is 23.0 Å². The average Bonchev–Trinajstić information content (AvgIpc) is 2.18. The molecule has 82 valence electrons. The first-order chi connectivity index (χ1) is 7.08. The Kier molecular flexibility index (Phi) is 2.79. The van der Waals surface area contributed by atoms with Crippen molar-refractivity contribution in [3.05, 3.63) is 23.2 Å². The van der Waals surface area contributed by atoms with Gasteiger partial charge in [-0.1, -0.05) is 25.4 Å². The van der Waals surface area contributed by atoms with Crippen LogP contribution in [0.25, 0.3) is 0 Å². The molecule has 0 bridgehead atoms. The molecule has 2 nitrogen and oxygen atoms in total. The quantitative estimate of drug-likeness (QED) is 0.788. The van der Waals surface area contributed by atoms with E-state index >= 15 is 0 Å². The molecule has 1 atom stereocenters. The Morgan fingerprint density at radius 1 is 1.47 bits per heavy atom. The molecule has 1 aromatic carbocycles. The van der Waals surface area contributed by atoms with Gasteiger partial charge in [0.25, 0.3) is 0 Å². The summed E-state index contributed by atoms with van der Waals surface area (Å²) in [5, 5.41) is 4.35. The third-order valence-electron chi connectivity index (χ3n) is 2.99. The van der Waals surface area contributed by atoms with E-state index in [9.17, 15) is 0 Å². The highest BCUT2D eigenvalue weighted by atomic mass is 35.5. The maximum Gasteiger partial charge on any atom is 0.0615 e. The monoisotopic (exact) mass is 224 g/mol. The summed E-state index contributed by atoms with van der Waals surface area (Å²) in [7, 11) is 2.12. The maximum absolute atomic E-state index is 5.99. The number of benzene rings is 1. The van der Waals surface area contributed by atoms with Crippen LogP contribution >= 0.6 is 11.6 Å². The molecule has 2 rings (SSSR count). The summed E-state index contributed by atoms with van der Waals surface area (Å²) in [5.74, 6) is 0.635. The third-order valence-corrected chi connectivity index (χ3v) is 3.22. The molecule has 15 heavy (non-hydrogen) atoms. The molecule has 1 unspecified atom stereocenters. The zero-order valence-corrected chi connectivity index (χ0v) is 10.2. The number of nitrogens with zero attached hydrogens (tertiary/aromatic N) is 1. The molecule has 0 amide bonds. The van der Waals surface area contributed by atoms with E-state index in [1.165, 1.54) is 11.4 Å². The molecule has 0 spiro atoms. The molecule has 1 aliphatic rings. The van der Waals surface area contributed by atoms with E-state index in [1.54, 1.807) is 0 Å². The van der Waals surface area contributed by atoms with Crippen LogP contribution in [0, 0.1) is 5.92 Å². The van der Waals surface area contributed by atoms with Gasteiger partial charge >= 0.3 is 0 Å². The van der Waals surface area contributed by atoms with Crippen molar-refractivity contribution in [2.45, 2.75) is 19.9 Å². The molecular formula is C12H17ClN2. The zero-order chi connectivity index (χ0) is 11.0. The Labute approximate surface area is 96.2 Å². The van der Waals surface area contributed by atoms with Crippen LogP contribution in [-0.4, -0.2) is 19.6 Å². The lowest BCUT2D eigenvalue weighted by Crippen LogP contribution is -2.42. The lowest BCUT2D eigenvalue weighted by Gasteiger charge is -2.36. The summed E-state index contributed by atoms with van der Waals surface area (Å²) in [6, 6.07) is 6.52. The molecular weight excluding hydrogens is 208 g/mol. The predicted octanol–water partition coefficient (Wildman–Crippen LogP) is 3.23. The topological polar surface area (TPSA) is 15.3 Å². The van der Waals surface area contributed by atoms with E-state index in [4.69, 9.17) is 11.6 Å². The standard InChI is InChI=1S/C12H17ClN2/c1-8(2)11-7-15(3)12-6-9(13)4-5-10(12)14-11/h4-6,8,11,14H,7H2,1-3H3. The van der Waals surface area contributed by atoms with E-state index in [0.29, 0.717) is 12.0 Å². The van der Waals surface area contributed by atoms with Crippen molar-refractivity contribution in [1.82, 2.24) is 0 Å². The van der Waals surface area contributed by atoms with Crippen molar-refractivity contribution in [1.29, 1.82) is 0 Å². The first-order valence-corrected chi connectivity index (χ1v) is 5.73. The number of nitrogens with one attached hydrogen (secondary N) is 1. The van der Waals surface area contributed by atoms with Gasteiger partial charge in [-0.05, 0) is 24.1 Å². The molecule has 0 aromatic heterocycles. The summed E-state index contributed by atoms with van der Waals surface area (Å²) in [6.45, 7) is 5.52. The highest BCUT2D eigenvalue weighted by Gasteiger charge is 2.23. The molecule has 0 fully saturated rings. The number of rotatable bonds is 1. The van der Waals surface area contributed by atoms with E-state index in [2.05, 4.69) is 37.2 Å². The van der Waals surface area contributed by atoms with Gasteiger partial charge in [0.15, 0.2) is 0 Å². The number of halogens is 1. The average molecular weight is 225 g/mol. The van der Waals surface area contributed by atoms with Gasteiger partial charge < -0.3 is 10.2 Å². The Hall–Kier alpha value is -0.890. The Morgan fingerprint density at radius 2 is 2.20 bits per heavy atom. The van der Waals surface area contributed by atoms with E-state index in [1.807, 2.05) is 12.1 Å². The number of likely N-dealkylation sites (N-methyl/N-ethyl adjacent to an activating group) is 1. The second kappa shape index (κ2) is 3.93. The Balaban J connectivity index is 2.32. The van der Waals surface area contributed by atoms with Crippen LogP contribution in [0.3, 0.4) is 0 Å². The van der Waals surface area contributed by atoms with Crippen LogP contribution in [0.2, 0.25) is 5.02 Å². The van der Waals surface area contributed by atoms with Gasteiger partial charge in [0.1, 0.15) is 0 Å². The van der Waals surface area contributed by atoms with Crippen LogP contribution < -0.4 is 10.2 Å². The Bertz CT molecular complexity index is 363. The SMILES string of the molecule is CC(C)C1CN(C)c2cc(Cl)ccc2N1. The number of hydrogen-bond acceptors (Lipinski definition) is 2. The second-order valence-corrected chi connectivity index (χ2v) is 4.97. The van der Waals surface area contributed by atoms with E-state index in [0.717, 1.165) is 11.6 Å². The summed E-state index contributed by atoms with van der Waals surface area (Å²) in [4.78, 5) is 2.27. The van der Waals surface area contributed by atoms with Crippen LogP contribution in [0.1, 0.15) is 13.8 Å². The Morgan fingerprint density at radius 3 is 2.87 bits per heavy atom. The van der Waals surface area contributed by atoms with Gasteiger partial charge in [0.2, 0.25) is 0 Å². The molecule has 1 N–H and O–H groups in total. The van der Waals surface area contributed by atoms with Crippen LogP contribution in [0.15, 0.2) is 18.2 Å². The summed E-state index contributed by atoms with van der Waals surface area (Å²) >= 11 is 5.99. The highest BCUT2D eigenvalue weighted by Crippen LogP contribution is 2.33. The highest BCUT2D eigenvalue weighted by molar-refractivity contribution is 6.31. The predicted molar refractivity (Wildman–Crippen MR) is 67.0 cm³/mol. The van der Waals surface area contributed by atoms with Crippen LogP contribution in [0.4, 0.5) is 11.4 Å². The first kappa shape index (κ1) is 10.6. The smallest absolute Gasteiger partial charge is 0.0615 e. The minimum atomic E-state index is 0.517. The normalized spacial score (nSPS) is 20.1. The molecule has 0 saturated heterocycles. The summed E-state index contributed by atoms with van der Waals surface area (Å²) in [5.41, 5.74) is 2.38. The van der Waals surface area contributed by atoms with Gasteiger partial charge in [-0.15, -0.1) is 0 Å². The van der Waals surface area contributed by atoms with E-state index < -0.39 is 0 Å². The lowest BCUT2D eigenvalue weighted by molar-refractivity contribution is 0.514. The van der Waals surface area contributed by atoms with Crippen molar-refractivity contribution in [3.63, 3.8) is 0 Å². The van der Waals surface area contributed by atoms with Gasteiger partial charge in [-0.2, -0.15) is 0 Å². The second-order valence-electron chi connectivity index (χ2n) is 4.54. The minimum absolute atomic E-state index is 0.517. The molecule has 0 radical (unpaired) electrons. The molecule has 0 saturated carbocycles. The third kappa shape index (κ3) is 2.05. The summed E-state index contributed by atoms with van der Waals surface area (Å²) < 4.78 is 0. The van der Waals surface area contributed by atoms with Crippen LogP contribution in [-0.2, 0) is 0 Å². The first-order valence-electron chi connectivity index (χ1n) is 5.35. The van der Waals surface area contributed by atoms with Gasteiger partial charge in [-0.3, -0.25) is 0 Å². The largest absolute Gasteiger partial charge is 0.379 e. The number of hydrogen-bond donors (Lipinski definition) is 1. The van der Waals surface area contributed by atoms with Gasteiger partial charge in [0, 0.05) is 24.7 Å². The van der Waals surface area contributed by atoms with Crippen LogP contribution in [0.5, 0.6) is 0 Å². The number of anilines is 2. The molecule has 1 aliphatic heterocycles.